The van der Waals surface area contributed by atoms with Crippen LogP contribution in [0.25, 0.3) is 0 Å². The Kier molecular flexibility index (Phi) is 10.0. The summed E-state index contributed by atoms with van der Waals surface area (Å²) in [4.78, 5) is 21.0. The molecule has 0 aliphatic carbocycles. The molecule has 0 aromatic rings. The Morgan fingerprint density at radius 3 is 0.634 bits per heavy atom. The van der Waals surface area contributed by atoms with Gasteiger partial charge in [-0.25, -0.2) is 20.0 Å². The summed E-state index contributed by atoms with van der Waals surface area (Å²) in [7, 11) is 0. The van der Waals surface area contributed by atoms with Gasteiger partial charge in [-0.3, -0.25) is 0 Å². The summed E-state index contributed by atoms with van der Waals surface area (Å²) in [5.41, 5.74) is 19.1. The zero-order chi connectivity index (χ0) is 28.6. The molecule has 0 fully saturated rings. The van der Waals surface area contributed by atoms with Crippen LogP contribution in [0.15, 0.2) is 112 Å². The average Bonchev–Trinajstić information content (AvgIpc) is 3.67. The van der Waals surface area contributed by atoms with Gasteiger partial charge in [-0.15, -0.1) is 0 Å². The minimum absolute atomic E-state index is 0. The van der Waals surface area contributed by atoms with Gasteiger partial charge in [0.2, 0.25) is 0 Å². The summed E-state index contributed by atoms with van der Waals surface area (Å²) in [6.45, 7) is 17.9. The van der Waals surface area contributed by atoms with Crippen molar-refractivity contribution in [3.05, 3.63) is 91.7 Å². The van der Waals surface area contributed by atoms with Crippen molar-refractivity contribution in [2.75, 3.05) is 0 Å². The fourth-order valence-electron chi connectivity index (χ4n) is 6.92. The Morgan fingerprint density at radius 2 is 0.488 bits per heavy atom. The van der Waals surface area contributed by atoms with Gasteiger partial charge >= 0.3 is 23.9 Å². The first-order valence-electron chi connectivity index (χ1n) is 15.6. The zero-order valence-corrected chi connectivity index (χ0v) is 30.5. The molecule has 0 unspecified atom stereocenters. The molecule has 8 bridgehead atoms. The number of hydrogen-bond donors (Lipinski definition) is 0. The van der Waals surface area contributed by atoms with E-state index in [9.17, 15) is 0 Å². The molecule has 0 aromatic carbocycles. The quantitative estimate of drug-likeness (QED) is 0.235. The van der Waals surface area contributed by atoms with Gasteiger partial charge in [0, 0.05) is 0 Å². The van der Waals surface area contributed by atoms with Gasteiger partial charge in [-0.05, 0) is 120 Å². The molecule has 5 heterocycles. The fraction of sp³-hybridized carbons (Fsp3) is 0.444. The van der Waals surface area contributed by atoms with Gasteiger partial charge in [0.15, 0.2) is 0 Å². The topological polar surface area (TPSA) is 49.4 Å². The van der Waals surface area contributed by atoms with Crippen LogP contribution in [0.4, 0.5) is 0 Å². The first kappa shape index (κ1) is 31.3. The van der Waals surface area contributed by atoms with E-state index in [1.54, 1.807) is 0 Å². The standard InChI is InChI=1S/C36H44N4.Sn.2H/c1-9-21-22(10-2)30-18-32-25(13-5)26(14-6)34(39-32)20-36-28(16-8)27(15-7)35(40-36)19-33-24(12-4)23(11-3)31(38-33)17-29(21)37-30;;;/h17-20H,9-16H2,1-8H3;;;. The van der Waals surface area contributed by atoms with Gasteiger partial charge in [-0.2, -0.15) is 0 Å². The summed E-state index contributed by atoms with van der Waals surface area (Å²) >= 11 is 0. The van der Waals surface area contributed by atoms with Crippen LogP contribution in [-0.2, 0) is 0 Å². The molecule has 0 aromatic heterocycles. The molecule has 0 amide bonds. The summed E-state index contributed by atoms with van der Waals surface area (Å²) in [6, 6.07) is 0. The van der Waals surface area contributed by atoms with Crippen LogP contribution in [0.1, 0.15) is 107 Å². The Bertz CT molecular complexity index is 1290. The normalized spacial score (nSPS) is 20.1. The van der Waals surface area contributed by atoms with Gasteiger partial charge < -0.3 is 0 Å². The second kappa shape index (κ2) is 13.1. The first-order valence-corrected chi connectivity index (χ1v) is 15.6. The summed E-state index contributed by atoms with van der Waals surface area (Å²) in [5.74, 6) is 0. The molecule has 5 aliphatic heterocycles. The second-order valence-electron chi connectivity index (χ2n) is 10.8. The van der Waals surface area contributed by atoms with Crippen molar-refractivity contribution in [3.63, 3.8) is 0 Å². The van der Waals surface area contributed by atoms with E-state index in [4.69, 9.17) is 20.0 Å². The number of aliphatic imine (C=N–C) groups is 4. The van der Waals surface area contributed by atoms with Crippen LogP contribution in [0.2, 0.25) is 0 Å². The summed E-state index contributed by atoms with van der Waals surface area (Å²) in [6.07, 6.45) is 16.6. The van der Waals surface area contributed by atoms with Gasteiger partial charge in [-0.1, -0.05) is 55.4 Å². The summed E-state index contributed by atoms with van der Waals surface area (Å²) in [5, 5.41) is 0. The Morgan fingerprint density at radius 1 is 0.317 bits per heavy atom. The number of fused-ring (bicyclic) bond motifs is 4. The van der Waals surface area contributed by atoms with Crippen molar-refractivity contribution < 1.29 is 0 Å². The SMILES string of the molecule is CCC1=C(CC)C2=NC1=CC1=NC(=CC3=NC(=CC4=NC(=C2)C(CC)=C4CC)C(CC)=C3CC)C(CC)=C1CC.[SnH2]. The Hall–Kier alpha value is -2.60. The molecule has 5 aliphatic rings. The van der Waals surface area contributed by atoms with Crippen molar-refractivity contribution in [2.24, 2.45) is 20.0 Å². The monoisotopic (exact) mass is 654 g/mol. The molecule has 0 saturated heterocycles. The molecule has 0 atom stereocenters. The van der Waals surface area contributed by atoms with E-state index in [0.29, 0.717) is 0 Å². The van der Waals surface area contributed by atoms with Crippen LogP contribution >= 0.6 is 0 Å². The molecular weight excluding hydrogens is 607 g/mol. The van der Waals surface area contributed by atoms with E-state index in [-0.39, 0.29) is 23.9 Å². The molecule has 0 spiro atoms. The summed E-state index contributed by atoms with van der Waals surface area (Å²) < 4.78 is 0. The van der Waals surface area contributed by atoms with Crippen LogP contribution in [0.5, 0.6) is 0 Å². The fourth-order valence-corrected chi connectivity index (χ4v) is 6.92. The molecule has 0 N–H and O–H groups in total. The third-order valence-electron chi connectivity index (χ3n) is 8.82. The number of hydrogen-bond acceptors (Lipinski definition) is 4. The molecule has 5 rings (SSSR count). The van der Waals surface area contributed by atoms with Crippen molar-refractivity contribution in [1.29, 1.82) is 0 Å². The minimum atomic E-state index is 0. The van der Waals surface area contributed by atoms with Crippen LogP contribution in [-0.4, -0.2) is 46.8 Å². The third kappa shape index (κ3) is 5.37. The Labute approximate surface area is 264 Å². The van der Waals surface area contributed by atoms with Gasteiger partial charge in [0.05, 0.1) is 45.6 Å². The van der Waals surface area contributed by atoms with Crippen molar-refractivity contribution in [2.45, 2.75) is 107 Å². The molecular formula is C36H46N4Sn. The zero-order valence-electron chi connectivity index (χ0n) is 26.5. The van der Waals surface area contributed by atoms with E-state index in [1.165, 1.54) is 44.6 Å². The second-order valence-corrected chi connectivity index (χ2v) is 10.8. The van der Waals surface area contributed by atoms with E-state index in [2.05, 4.69) is 79.7 Å². The maximum absolute atomic E-state index is 5.25. The van der Waals surface area contributed by atoms with Crippen molar-refractivity contribution in [3.8, 4) is 0 Å². The third-order valence-corrected chi connectivity index (χ3v) is 8.82. The predicted octanol–water partition coefficient (Wildman–Crippen LogP) is 8.90. The maximum atomic E-state index is 5.25. The van der Waals surface area contributed by atoms with Gasteiger partial charge in [0.25, 0.3) is 0 Å². The molecule has 41 heavy (non-hydrogen) atoms. The Balaban J connectivity index is 0.00000387. The average molecular weight is 654 g/mol. The molecule has 5 heteroatoms. The van der Waals surface area contributed by atoms with Crippen molar-refractivity contribution >= 4 is 46.8 Å². The first-order chi connectivity index (χ1) is 19.5. The van der Waals surface area contributed by atoms with E-state index in [0.717, 1.165) is 97.0 Å². The molecule has 0 saturated carbocycles. The van der Waals surface area contributed by atoms with E-state index < -0.39 is 0 Å². The molecule has 4 nitrogen and oxygen atoms in total. The van der Waals surface area contributed by atoms with Gasteiger partial charge in [0.1, 0.15) is 0 Å². The van der Waals surface area contributed by atoms with E-state index >= 15 is 0 Å². The number of nitrogens with zero attached hydrogens (tertiary/aromatic N) is 4. The predicted molar refractivity (Wildman–Crippen MR) is 181 cm³/mol. The van der Waals surface area contributed by atoms with Crippen LogP contribution < -0.4 is 0 Å². The number of allylic oxidation sites excluding steroid dienone is 12. The van der Waals surface area contributed by atoms with Crippen LogP contribution in [0, 0.1) is 0 Å². The van der Waals surface area contributed by atoms with E-state index in [1.807, 2.05) is 0 Å². The molecule has 214 valence electrons. The van der Waals surface area contributed by atoms with Crippen molar-refractivity contribution in [1.82, 2.24) is 0 Å². The van der Waals surface area contributed by atoms with Crippen LogP contribution in [0.3, 0.4) is 0 Å². The molecule has 2 radical (unpaired) electrons. The number of rotatable bonds is 8.